The number of hydrogen-bond donors (Lipinski definition) is 2. The second-order valence-corrected chi connectivity index (χ2v) is 8.54. The number of pyridine rings is 1. The van der Waals surface area contributed by atoms with Gasteiger partial charge in [0.1, 0.15) is 0 Å². The molecule has 1 aromatic heterocycles. The molecular weight excluding hydrogens is 400 g/mol. The first kappa shape index (κ1) is 23.8. The van der Waals surface area contributed by atoms with Crippen LogP contribution in [0.15, 0.2) is 42.7 Å². The average Bonchev–Trinajstić information content (AvgIpc) is 3.35. The Morgan fingerprint density at radius 1 is 1.03 bits per heavy atom. The molecule has 3 rings (SSSR count). The molecule has 6 heteroatoms. The van der Waals surface area contributed by atoms with Gasteiger partial charge in [-0.1, -0.05) is 45.1 Å². The first-order chi connectivity index (χ1) is 15.7. The maximum absolute atomic E-state index is 13.1. The molecule has 172 valence electrons. The van der Waals surface area contributed by atoms with Gasteiger partial charge >= 0.3 is 0 Å². The standard InChI is InChI=1S/C26H36N4O2/c1-2-3-4-5-6-7-12-25(31)29-22-13-14-24(30-16-8-9-17-30)23(18-22)26(32)28-20-21-11-10-15-27-19-21/h10-11,13-15,18-19H,2-9,12,16-17,20H2,1H3,(H,28,32)(H,29,31). The molecular formula is C26H36N4O2. The third-order valence-corrected chi connectivity index (χ3v) is 5.90. The number of unbranched alkanes of at least 4 members (excludes halogenated alkanes) is 5. The third kappa shape index (κ3) is 7.36. The summed E-state index contributed by atoms with van der Waals surface area (Å²) in [5.41, 5.74) is 3.16. The van der Waals surface area contributed by atoms with Gasteiger partial charge in [0.05, 0.1) is 5.56 Å². The summed E-state index contributed by atoms with van der Waals surface area (Å²) in [7, 11) is 0. The highest BCUT2D eigenvalue weighted by Crippen LogP contribution is 2.28. The summed E-state index contributed by atoms with van der Waals surface area (Å²) in [6.07, 6.45) is 13.2. The van der Waals surface area contributed by atoms with E-state index in [1.165, 1.54) is 25.7 Å². The van der Waals surface area contributed by atoms with Crippen molar-refractivity contribution in [3.8, 4) is 0 Å². The number of aromatic nitrogens is 1. The van der Waals surface area contributed by atoms with Crippen LogP contribution in [-0.4, -0.2) is 29.9 Å². The smallest absolute Gasteiger partial charge is 0.253 e. The van der Waals surface area contributed by atoms with Gasteiger partial charge in [-0.2, -0.15) is 0 Å². The topological polar surface area (TPSA) is 74.3 Å². The molecule has 1 aliphatic heterocycles. The van der Waals surface area contributed by atoms with E-state index in [-0.39, 0.29) is 11.8 Å². The summed E-state index contributed by atoms with van der Waals surface area (Å²) in [6, 6.07) is 9.48. The zero-order valence-corrected chi connectivity index (χ0v) is 19.2. The Bertz CT molecular complexity index is 863. The molecule has 32 heavy (non-hydrogen) atoms. The van der Waals surface area contributed by atoms with Gasteiger partial charge in [0.15, 0.2) is 0 Å². The fraction of sp³-hybridized carbons (Fsp3) is 0.500. The maximum atomic E-state index is 13.1. The number of rotatable bonds is 12. The van der Waals surface area contributed by atoms with Crippen molar-refractivity contribution < 1.29 is 9.59 Å². The van der Waals surface area contributed by atoms with Crippen LogP contribution in [0.4, 0.5) is 11.4 Å². The number of nitrogens with one attached hydrogen (secondary N) is 2. The van der Waals surface area contributed by atoms with E-state index in [0.717, 1.165) is 50.0 Å². The molecule has 2 aromatic rings. The lowest BCUT2D eigenvalue weighted by Crippen LogP contribution is -2.27. The summed E-state index contributed by atoms with van der Waals surface area (Å²) in [5, 5.41) is 5.98. The van der Waals surface area contributed by atoms with Crippen LogP contribution in [0.3, 0.4) is 0 Å². The van der Waals surface area contributed by atoms with E-state index in [0.29, 0.717) is 24.2 Å². The number of carbonyl (C=O) groups excluding carboxylic acids is 2. The SMILES string of the molecule is CCCCCCCCC(=O)Nc1ccc(N2CCCC2)c(C(=O)NCc2cccnc2)c1. The summed E-state index contributed by atoms with van der Waals surface area (Å²) < 4.78 is 0. The van der Waals surface area contributed by atoms with Crippen molar-refractivity contribution in [2.75, 3.05) is 23.3 Å². The second kappa shape index (κ2) is 12.8. The van der Waals surface area contributed by atoms with Crippen LogP contribution >= 0.6 is 0 Å². The van der Waals surface area contributed by atoms with E-state index in [2.05, 4.69) is 27.4 Å². The normalized spacial score (nSPS) is 13.2. The predicted octanol–water partition coefficient (Wildman–Crippen LogP) is 5.30. The molecule has 1 aliphatic rings. The summed E-state index contributed by atoms with van der Waals surface area (Å²) >= 11 is 0. The van der Waals surface area contributed by atoms with E-state index in [1.54, 1.807) is 12.4 Å². The number of amides is 2. The Morgan fingerprint density at radius 3 is 2.56 bits per heavy atom. The lowest BCUT2D eigenvalue weighted by atomic mass is 10.1. The minimum atomic E-state index is -0.136. The van der Waals surface area contributed by atoms with Crippen LogP contribution in [-0.2, 0) is 11.3 Å². The number of nitrogens with zero attached hydrogens (tertiary/aromatic N) is 2. The maximum Gasteiger partial charge on any atom is 0.253 e. The Labute approximate surface area is 191 Å². The van der Waals surface area contributed by atoms with Gasteiger partial charge in [-0.05, 0) is 49.1 Å². The molecule has 2 heterocycles. The zero-order chi connectivity index (χ0) is 22.6. The van der Waals surface area contributed by atoms with Crippen molar-refractivity contribution in [3.63, 3.8) is 0 Å². The monoisotopic (exact) mass is 436 g/mol. The molecule has 2 N–H and O–H groups in total. The molecule has 0 aliphatic carbocycles. The van der Waals surface area contributed by atoms with Gasteiger partial charge in [-0.15, -0.1) is 0 Å². The summed E-state index contributed by atoms with van der Waals surface area (Å²) in [6.45, 7) is 4.52. The van der Waals surface area contributed by atoms with Gasteiger partial charge in [0.25, 0.3) is 5.91 Å². The minimum Gasteiger partial charge on any atom is -0.371 e. The Hall–Kier alpha value is -2.89. The van der Waals surface area contributed by atoms with Crippen molar-refractivity contribution in [2.45, 2.75) is 71.3 Å². The van der Waals surface area contributed by atoms with Crippen molar-refractivity contribution in [1.82, 2.24) is 10.3 Å². The van der Waals surface area contributed by atoms with E-state index in [9.17, 15) is 9.59 Å². The molecule has 0 bridgehead atoms. The lowest BCUT2D eigenvalue weighted by Gasteiger charge is -2.22. The molecule has 6 nitrogen and oxygen atoms in total. The van der Waals surface area contributed by atoms with Crippen molar-refractivity contribution in [1.29, 1.82) is 0 Å². The molecule has 0 spiro atoms. The fourth-order valence-electron chi connectivity index (χ4n) is 4.10. The van der Waals surface area contributed by atoms with E-state index in [1.807, 2.05) is 30.3 Å². The number of carbonyl (C=O) groups is 2. The quantitative estimate of drug-likeness (QED) is 0.443. The van der Waals surface area contributed by atoms with Gasteiger partial charge in [0.2, 0.25) is 5.91 Å². The number of benzene rings is 1. The number of anilines is 2. The third-order valence-electron chi connectivity index (χ3n) is 5.90. The van der Waals surface area contributed by atoms with Crippen molar-refractivity contribution in [2.24, 2.45) is 0 Å². The molecule has 0 unspecified atom stereocenters. The van der Waals surface area contributed by atoms with E-state index >= 15 is 0 Å². The van der Waals surface area contributed by atoms with Crippen LogP contribution in [0.25, 0.3) is 0 Å². The van der Waals surface area contributed by atoms with E-state index < -0.39 is 0 Å². The van der Waals surface area contributed by atoms with Crippen molar-refractivity contribution in [3.05, 3.63) is 53.9 Å². The average molecular weight is 437 g/mol. The molecule has 0 saturated carbocycles. The van der Waals surface area contributed by atoms with Gasteiger partial charge in [-0.3, -0.25) is 14.6 Å². The largest absolute Gasteiger partial charge is 0.371 e. The zero-order valence-electron chi connectivity index (χ0n) is 19.2. The minimum absolute atomic E-state index is 0.0103. The van der Waals surface area contributed by atoms with Crippen molar-refractivity contribution >= 4 is 23.2 Å². The highest BCUT2D eigenvalue weighted by molar-refractivity contribution is 6.02. The number of hydrogen-bond acceptors (Lipinski definition) is 4. The Morgan fingerprint density at radius 2 is 1.81 bits per heavy atom. The van der Waals surface area contributed by atoms with Gasteiger partial charge in [-0.25, -0.2) is 0 Å². The molecule has 0 atom stereocenters. The van der Waals surface area contributed by atoms with Crippen LogP contribution in [0, 0.1) is 0 Å². The summed E-state index contributed by atoms with van der Waals surface area (Å²) in [5.74, 6) is -0.126. The molecule has 1 fully saturated rings. The molecule has 1 aromatic carbocycles. The first-order valence-corrected chi connectivity index (χ1v) is 12.0. The first-order valence-electron chi connectivity index (χ1n) is 12.0. The van der Waals surface area contributed by atoms with Gasteiger partial charge in [0, 0.05) is 49.8 Å². The molecule has 1 saturated heterocycles. The van der Waals surface area contributed by atoms with Crippen LogP contribution in [0.1, 0.15) is 80.6 Å². The molecule has 2 amide bonds. The van der Waals surface area contributed by atoms with Crippen LogP contribution < -0.4 is 15.5 Å². The molecule has 0 radical (unpaired) electrons. The fourth-order valence-corrected chi connectivity index (χ4v) is 4.10. The van der Waals surface area contributed by atoms with Crippen LogP contribution in [0.5, 0.6) is 0 Å². The summed E-state index contributed by atoms with van der Waals surface area (Å²) in [4.78, 5) is 31.8. The predicted molar refractivity (Wildman–Crippen MR) is 130 cm³/mol. The Kier molecular flexibility index (Phi) is 9.54. The highest BCUT2D eigenvalue weighted by Gasteiger charge is 2.20. The Balaban J connectivity index is 1.62. The van der Waals surface area contributed by atoms with Gasteiger partial charge < -0.3 is 15.5 Å². The van der Waals surface area contributed by atoms with Crippen LogP contribution in [0.2, 0.25) is 0 Å². The lowest BCUT2D eigenvalue weighted by molar-refractivity contribution is -0.116. The highest BCUT2D eigenvalue weighted by atomic mass is 16.2. The second-order valence-electron chi connectivity index (χ2n) is 8.54. The van der Waals surface area contributed by atoms with E-state index in [4.69, 9.17) is 0 Å².